The van der Waals surface area contributed by atoms with Gasteiger partial charge in [0.05, 0.1) is 6.54 Å². The number of hydrogen-bond donors (Lipinski definition) is 0. The number of benzene rings is 1. The van der Waals surface area contributed by atoms with Crippen LogP contribution in [0.2, 0.25) is 0 Å². The number of anilines is 1. The Kier molecular flexibility index (Phi) is 2.52. The highest BCUT2D eigenvalue weighted by molar-refractivity contribution is 6.52. The van der Waals surface area contributed by atoms with Gasteiger partial charge in [0.1, 0.15) is 0 Å². The predicted octanol–water partition coefficient (Wildman–Crippen LogP) is 2.69. The number of amides is 2. The summed E-state index contributed by atoms with van der Waals surface area (Å²) in [6.07, 6.45) is 0. The molecule has 80 valence electrons. The summed E-state index contributed by atoms with van der Waals surface area (Å²) in [6, 6.07) is 8.96. The van der Waals surface area contributed by atoms with Crippen molar-refractivity contribution >= 4 is 34.9 Å². The van der Waals surface area contributed by atoms with Gasteiger partial charge in [0.25, 0.3) is 0 Å². The molecule has 3 nitrogen and oxygen atoms in total. The smallest absolute Gasteiger partial charge is 0.322 e. The summed E-state index contributed by atoms with van der Waals surface area (Å²) in [5.41, 5.74) is 0.705. The van der Waals surface area contributed by atoms with Crippen LogP contribution in [-0.4, -0.2) is 29.0 Å². The monoisotopic (exact) mass is 244 g/mol. The lowest BCUT2D eigenvalue weighted by Gasteiger charge is -2.24. The first-order chi connectivity index (χ1) is 7.02. The number of halogens is 2. The fourth-order valence-corrected chi connectivity index (χ4v) is 2.31. The summed E-state index contributed by atoms with van der Waals surface area (Å²) in [5.74, 6) is 0. The number of carbonyl (C=O) groups is 1. The van der Waals surface area contributed by atoms with Crippen molar-refractivity contribution in [2.75, 3.05) is 18.5 Å². The number of likely N-dealkylation sites (N-methyl/N-ethyl adjacent to an activating group) is 1. The number of rotatable bonds is 1. The maximum atomic E-state index is 11.8. The van der Waals surface area contributed by atoms with Crippen molar-refractivity contribution in [2.45, 2.75) is 4.46 Å². The van der Waals surface area contributed by atoms with E-state index in [0.29, 0.717) is 12.2 Å². The Morgan fingerprint density at radius 1 is 1.27 bits per heavy atom. The Hall–Kier alpha value is -0.930. The zero-order chi connectivity index (χ0) is 11.1. The van der Waals surface area contributed by atoms with Crippen LogP contribution >= 0.6 is 23.2 Å². The lowest BCUT2D eigenvalue weighted by molar-refractivity contribution is 0.229. The van der Waals surface area contributed by atoms with Crippen LogP contribution in [0.15, 0.2) is 30.3 Å². The molecule has 1 aliphatic rings. The number of alkyl halides is 2. The van der Waals surface area contributed by atoms with Crippen molar-refractivity contribution in [2.24, 2.45) is 0 Å². The van der Waals surface area contributed by atoms with Crippen LogP contribution in [0.25, 0.3) is 0 Å². The van der Waals surface area contributed by atoms with Crippen molar-refractivity contribution in [1.82, 2.24) is 4.90 Å². The topological polar surface area (TPSA) is 23.6 Å². The Morgan fingerprint density at radius 2 is 1.87 bits per heavy atom. The molecule has 0 aromatic heterocycles. The van der Waals surface area contributed by atoms with E-state index in [2.05, 4.69) is 0 Å². The number of carbonyl (C=O) groups excluding carboxylic acids is 1. The number of nitrogens with zero attached hydrogens (tertiary/aromatic N) is 2. The van der Waals surface area contributed by atoms with Gasteiger partial charge in [-0.1, -0.05) is 41.4 Å². The quantitative estimate of drug-likeness (QED) is 0.551. The zero-order valence-corrected chi connectivity index (χ0v) is 9.66. The van der Waals surface area contributed by atoms with Gasteiger partial charge in [-0.3, -0.25) is 4.90 Å². The van der Waals surface area contributed by atoms with Gasteiger partial charge >= 0.3 is 6.03 Å². The molecule has 2 rings (SSSR count). The van der Waals surface area contributed by atoms with Gasteiger partial charge in [0.15, 0.2) is 0 Å². The number of para-hydroxylation sites is 1. The largest absolute Gasteiger partial charge is 0.326 e. The zero-order valence-electron chi connectivity index (χ0n) is 8.15. The van der Waals surface area contributed by atoms with Crippen LogP contribution in [0.1, 0.15) is 0 Å². The molecular formula is C10H10Cl2N2O. The highest BCUT2D eigenvalue weighted by Crippen LogP contribution is 2.37. The molecule has 1 heterocycles. The molecule has 1 saturated heterocycles. The fourth-order valence-electron chi connectivity index (χ4n) is 1.61. The van der Waals surface area contributed by atoms with E-state index in [4.69, 9.17) is 23.2 Å². The average molecular weight is 245 g/mol. The second-order valence-corrected chi connectivity index (χ2v) is 4.92. The third-order valence-corrected chi connectivity index (χ3v) is 2.86. The molecule has 0 atom stereocenters. The summed E-state index contributed by atoms with van der Waals surface area (Å²) in [4.78, 5) is 14.7. The Bertz CT molecular complexity index is 380. The van der Waals surface area contributed by atoms with Gasteiger partial charge in [-0.15, -0.1) is 0 Å². The summed E-state index contributed by atoms with van der Waals surface area (Å²) in [7, 11) is 1.67. The first-order valence-electron chi connectivity index (χ1n) is 4.50. The molecule has 2 amide bonds. The van der Waals surface area contributed by atoms with Gasteiger partial charge in [-0.2, -0.15) is 0 Å². The normalized spacial score (nSPS) is 19.8. The maximum Gasteiger partial charge on any atom is 0.326 e. The lowest BCUT2D eigenvalue weighted by Crippen LogP contribution is -2.37. The average Bonchev–Trinajstić information content (AvgIpc) is 2.37. The molecule has 0 saturated carbocycles. The van der Waals surface area contributed by atoms with E-state index in [1.54, 1.807) is 19.2 Å². The van der Waals surface area contributed by atoms with E-state index in [9.17, 15) is 4.79 Å². The van der Waals surface area contributed by atoms with Crippen LogP contribution in [0, 0.1) is 0 Å². The third-order valence-electron chi connectivity index (χ3n) is 2.29. The molecule has 0 N–H and O–H groups in total. The summed E-state index contributed by atoms with van der Waals surface area (Å²) >= 11 is 12.2. The minimum absolute atomic E-state index is 0.189. The standard InChI is InChI=1S/C10H10Cl2N2O/c1-13-7-10(11,12)14(9(13)15)8-5-3-2-4-6-8/h2-6H,7H2,1H3. The third kappa shape index (κ3) is 1.77. The Balaban J connectivity index is 2.40. The van der Waals surface area contributed by atoms with Gasteiger partial charge in [-0.25, -0.2) is 4.79 Å². The molecule has 5 heteroatoms. The molecule has 1 aliphatic heterocycles. The van der Waals surface area contributed by atoms with E-state index in [1.807, 2.05) is 18.2 Å². The lowest BCUT2D eigenvalue weighted by atomic mass is 10.3. The SMILES string of the molecule is CN1CC(Cl)(Cl)N(c2ccccc2)C1=O. The molecule has 0 unspecified atom stereocenters. The van der Waals surface area contributed by atoms with Crippen LogP contribution in [-0.2, 0) is 0 Å². The molecule has 0 aliphatic carbocycles. The van der Waals surface area contributed by atoms with Gasteiger partial charge < -0.3 is 4.90 Å². The van der Waals surface area contributed by atoms with Crippen molar-refractivity contribution in [3.63, 3.8) is 0 Å². The molecule has 0 bridgehead atoms. The van der Waals surface area contributed by atoms with Gasteiger partial charge in [0.2, 0.25) is 4.46 Å². The highest BCUT2D eigenvalue weighted by atomic mass is 35.5. The fraction of sp³-hybridized carbons (Fsp3) is 0.300. The van der Waals surface area contributed by atoms with Crippen molar-refractivity contribution in [3.05, 3.63) is 30.3 Å². The number of hydrogen-bond acceptors (Lipinski definition) is 1. The second kappa shape index (κ2) is 3.58. The Labute approximate surface area is 98.2 Å². The minimum atomic E-state index is -1.19. The van der Waals surface area contributed by atoms with Gasteiger partial charge in [0, 0.05) is 12.7 Å². The van der Waals surface area contributed by atoms with E-state index in [0.717, 1.165) is 0 Å². The van der Waals surface area contributed by atoms with Crippen LogP contribution in [0.4, 0.5) is 10.5 Å². The molecule has 1 fully saturated rings. The molecular weight excluding hydrogens is 235 g/mol. The molecule has 1 aromatic rings. The first kappa shape index (κ1) is 10.6. The number of urea groups is 1. The highest BCUT2D eigenvalue weighted by Gasteiger charge is 2.46. The maximum absolute atomic E-state index is 11.8. The first-order valence-corrected chi connectivity index (χ1v) is 5.26. The van der Waals surface area contributed by atoms with Crippen LogP contribution in [0.5, 0.6) is 0 Å². The molecule has 0 spiro atoms. The predicted molar refractivity (Wildman–Crippen MR) is 61.4 cm³/mol. The summed E-state index contributed by atoms with van der Waals surface area (Å²) in [6.45, 7) is 0.295. The van der Waals surface area contributed by atoms with Crippen LogP contribution < -0.4 is 4.90 Å². The van der Waals surface area contributed by atoms with Crippen molar-refractivity contribution in [3.8, 4) is 0 Å². The summed E-state index contributed by atoms with van der Waals surface area (Å²) in [5, 5.41) is 0. The van der Waals surface area contributed by atoms with Gasteiger partial charge in [-0.05, 0) is 12.1 Å². The molecule has 15 heavy (non-hydrogen) atoms. The van der Waals surface area contributed by atoms with E-state index < -0.39 is 4.46 Å². The second-order valence-electron chi connectivity index (χ2n) is 3.48. The minimum Gasteiger partial charge on any atom is -0.322 e. The summed E-state index contributed by atoms with van der Waals surface area (Å²) < 4.78 is -1.19. The molecule has 1 aromatic carbocycles. The van der Waals surface area contributed by atoms with Crippen LogP contribution in [0.3, 0.4) is 0 Å². The van der Waals surface area contributed by atoms with E-state index in [1.165, 1.54) is 9.80 Å². The van der Waals surface area contributed by atoms with E-state index in [-0.39, 0.29) is 6.03 Å². The molecule has 0 radical (unpaired) electrons. The Morgan fingerprint density at radius 3 is 2.33 bits per heavy atom. The van der Waals surface area contributed by atoms with Crippen molar-refractivity contribution in [1.29, 1.82) is 0 Å². The van der Waals surface area contributed by atoms with E-state index >= 15 is 0 Å². The van der Waals surface area contributed by atoms with Crippen molar-refractivity contribution < 1.29 is 4.79 Å².